The van der Waals surface area contributed by atoms with E-state index in [-0.39, 0.29) is 30.3 Å². The molecule has 5 aliphatic carbocycles. The molecular formula is C63H53N5. The summed E-state index contributed by atoms with van der Waals surface area (Å²) in [5.41, 5.74) is 14.5. The SMILES string of the molecule is C1=CCC(c2cccc(C3N=C(C4=CC(N5C6=Cc7ccccc7CC6C6C=CC(n7c8ccccc8c8cc9ccccc9cc87)CC65)=C5C=CC=CC5C4)NC(c4ccccc4)N3)c2)C=C1. The number of allylic oxidation sites excluding steroid dienone is 12. The van der Waals surface area contributed by atoms with Crippen LogP contribution in [0.25, 0.3) is 38.7 Å². The summed E-state index contributed by atoms with van der Waals surface area (Å²) in [4.78, 5) is 8.46. The van der Waals surface area contributed by atoms with Crippen molar-refractivity contribution in [1.82, 2.24) is 20.1 Å². The number of nitrogens with zero attached hydrogens (tertiary/aromatic N) is 3. The Balaban J connectivity index is 0.909. The molecule has 2 aliphatic heterocycles. The zero-order valence-corrected chi connectivity index (χ0v) is 38.0. The Morgan fingerprint density at radius 2 is 1.40 bits per heavy atom. The molecule has 5 nitrogen and oxygen atoms in total. The van der Waals surface area contributed by atoms with Gasteiger partial charge in [0, 0.05) is 57.4 Å². The van der Waals surface area contributed by atoms with Gasteiger partial charge in [0.1, 0.15) is 18.2 Å². The number of para-hydroxylation sites is 1. The van der Waals surface area contributed by atoms with Crippen LogP contribution in [0.15, 0.2) is 234 Å². The lowest BCUT2D eigenvalue weighted by Crippen LogP contribution is -2.46. The molecule has 6 aromatic carbocycles. The lowest BCUT2D eigenvalue weighted by atomic mass is 9.77. The molecule has 0 amide bonds. The van der Waals surface area contributed by atoms with Gasteiger partial charge in [-0.3, -0.25) is 5.32 Å². The van der Waals surface area contributed by atoms with Crippen LogP contribution in [-0.2, 0) is 6.42 Å². The molecule has 8 unspecified atom stereocenters. The second-order valence-electron chi connectivity index (χ2n) is 19.8. The molecule has 3 heterocycles. The Kier molecular flexibility index (Phi) is 9.40. The van der Waals surface area contributed by atoms with Gasteiger partial charge in [-0.05, 0) is 106 Å². The zero-order valence-electron chi connectivity index (χ0n) is 38.0. The second kappa shape index (κ2) is 16.1. The van der Waals surface area contributed by atoms with Crippen LogP contribution >= 0.6 is 0 Å². The number of likely N-dealkylation sites (tertiary alicyclic amines) is 1. The van der Waals surface area contributed by atoms with Gasteiger partial charge in [0.05, 0.1) is 11.6 Å². The molecule has 0 radical (unpaired) electrons. The number of hydrogen-bond donors (Lipinski definition) is 2. The minimum atomic E-state index is -0.221. The molecule has 8 atom stereocenters. The number of hydrogen-bond acceptors (Lipinski definition) is 4. The van der Waals surface area contributed by atoms with Crippen molar-refractivity contribution >= 4 is 44.5 Å². The Labute approximate surface area is 398 Å². The number of nitrogens with one attached hydrogen (secondary N) is 2. The summed E-state index contributed by atoms with van der Waals surface area (Å²) in [6, 6.07) is 52.2. The molecule has 68 heavy (non-hydrogen) atoms. The predicted molar refractivity (Wildman–Crippen MR) is 280 cm³/mol. The van der Waals surface area contributed by atoms with Crippen molar-refractivity contribution in [3.05, 3.63) is 257 Å². The van der Waals surface area contributed by atoms with Gasteiger partial charge in [0.15, 0.2) is 0 Å². The molecule has 0 spiro atoms. The number of amidine groups is 1. The van der Waals surface area contributed by atoms with E-state index >= 15 is 0 Å². The van der Waals surface area contributed by atoms with Gasteiger partial charge in [-0.2, -0.15) is 0 Å². The summed E-state index contributed by atoms with van der Waals surface area (Å²) in [6.45, 7) is 0. The van der Waals surface area contributed by atoms with Crippen molar-refractivity contribution in [2.75, 3.05) is 0 Å². The molecule has 1 aromatic heterocycles. The number of benzene rings is 6. The van der Waals surface area contributed by atoms with Crippen molar-refractivity contribution in [3.8, 4) is 0 Å². The molecule has 5 heteroatoms. The summed E-state index contributed by atoms with van der Waals surface area (Å²) in [6.07, 6.45) is 32.1. The van der Waals surface area contributed by atoms with Gasteiger partial charge in [-0.15, -0.1) is 0 Å². The normalized spacial score (nSPS) is 26.8. The monoisotopic (exact) mass is 879 g/mol. The van der Waals surface area contributed by atoms with Gasteiger partial charge in [-0.1, -0.05) is 182 Å². The molecule has 14 rings (SSSR count). The van der Waals surface area contributed by atoms with E-state index in [1.807, 2.05) is 0 Å². The van der Waals surface area contributed by atoms with Gasteiger partial charge < -0.3 is 14.8 Å². The highest BCUT2D eigenvalue weighted by molar-refractivity contribution is 6.12. The van der Waals surface area contributed by atoms with E-state index in [2.05, 4.69) is 233 Å². The average molecular weight is 880 g/mol. The lowest BCUT2D eigenvalue weighted by molar-refractivity contribution is 0.271. The predicted octanol–water partition coefficient (Wildman–Crippen LogP) is 13.9. The first-order valence-corrected chi connectivity index (χ1v) is 24.8. The first-order valence-electron chi connectivity index (χ1n) is 24.8. The summed E-state index contributed by atoms with van der Waals surface area (Å²) in [5, 5.41) is 13.1. The minimum absolute atomic E-state index is 0.114. The largest absolute Gasteiger partial charge is 0.351 e. The Bertz CT molecular complexity index is 3480. The molecule has 1 saturated heterocycles. The maximum absolute atomic E-state index is 5.64. The summed E-state index contributed by atoms with van der Waals surface area (Å²) in [7, 11) is 0. The van der Waals surface area contributed by atoms with Crippen molar-refractivity contribution in [2.45, 2.75) is 56.0 Å². The molecule has 0 bridgehead atoms. The lowest BCUT2D eigenvalue weighted by Gasteiger charge is -2.40. The van der Waals surface area contributed by atoms with E-state index in [0.717, 1.165) is 31.5 Å². The van der Waals surface area contributed by atoms with Crippen molar-refractivity contribution in [3.63, 3.8) is 0 Å². The van der Waals surface area contributed by atoms with Crippen molar-refractivity contribution in [2.24, 2.45) is 22.7 Å². The highest BCUT2D eigenvalue weighted by Crippen LogP contribution is 2.54. The third kappa shape index (κ3) is 6.58. The van der Waals surface area contributed by atoms with Crippen LogP contribution in [0, 0.1) is 17.8 Å². The Morgan fingerprint density at radius 1 is 0.603 bits per heavy atom. The number of aromatic nitrogens is 1. The quantitative estimate of drug-likeness (QED) is 0.164. The van der Waals surface area contributed by atoms with Crippen LogP contribution in [0.1, 0.15) is 71.4 Å². The van der Waals surface area contributed by atoms with Crippen LogP contribution in [0.4, 0.5) is 0 Å². The first kappa shape index (κ1) is 39.7. The van der Waals surface area contributed by atoms with Crippen LogP contribution in [-0.4, -0.2) is 21.3 Å². The Hall–Kier alpha value is -7.47. The zero-order chi connectivity index (χ0) is 44.7. The maximum Gasteiger partial charge on any atom is 0.129 e. The summed E-state index contributed by atoms with van der Waals surface area (Å²) < 4.78 is 2.66. The fourth-order valence-corrected chi connectivity index (χ4v) is 12.8. The minimum Gasteiger partial charge on any atom is -0.351 e. The highest BCUT2D eigenvalue weighted by Gasteiger charge is 2.49. The number of fused-ring (bicyclic) bond motifs is 9. The fourth-order valence-electron chi connectivity index (χ4n) is 12.8. The van der Waals surface area contributed by atoms with Crippen LogP contribution in [0.3, 0.4) is 0 Å². The average Bonchev–Trinajstić information content (AvgIpc) is 3.90. The summed E-state index contributed by atoms with van der Waals surface area (Å²) >= 11 is 0. The van der Waals surface area contributed by atoms with Gasteiger partial charge >= 0.3 is 0 Å². The van der Waals surface area contributed by atoms with E-state index in [4.69, 9.17) is 4.99 Å². The molecule has 330 valence electrons. The van der Waals surface area contributed by atoms with E-state index in [9.17, 15) is 0 Å². The van der Waals surface area contributed by atoms with Gasteiger partial charge in [-0.25, -0.2) is 4.99 Å². The molecule has 2 N–H and O–H groups in total. The van der Waals surface area contributed by atoms with Crippen molar-refractivity contribution < 1.29 is 0 Å². The smallest absolute Gasteiger partial charge is 0.129 e. The van der Waals surface area contributed by atoms with E-state index in [1.54, 1.807) is 0 Å². The standard InChI is InChI=1S/C63H53N5/c1-3-16-40(17-4-1)42-25-15-26-48(32-42)62-64-61(41-18-5-2-6-19-41)65-63(66-62)49-33-47-24-11-12-27-51(47)57(38-49)68-59-37-46-23-10-8-21-44(46)35-55(59)53-31-30-50(39-60(53)68)67-56-29-14-13-28-52(56)54-34-43-20-7-9-22-45(43)36-58(54)67/h1-16,18-32,34,36-38,40,47,50,53,55,60-62,64H,17,33,35,39H2,(H,65,66). The van der Waals surface area contributed by atoms with Crippen LogP contribution < -0.4 is 10.6 Å². The topological polar surface area (TPSA) is 44.6 Å². The first-order chi connectivity index (χ1) is 33.7. The highest BCUT2D eigenvalue weighted by atomic mass is 15.3. The van der Waals surface area contributed by atoms with E-state index < -0.39 is 0 Å². The second-order valence-corrected chi connectivity index (χ2v) is 19.8. The molecule has 1 fully saturated rings. The van der Waals surface area contributed by atoms with Crippen LogP contribution in [0.2, 0.25) is 0 Å². The number of rotatable bonds is 6. The fraction of sp³-hybridized carbons (Fsp3) is 0.190. The van der Waals surface area contributed by atoms with E-state index in [1.165, 1.54) is 82.9 Å². The van der Waals surface area contributed by atoms with E-state index in [0.29, 0.717) is 17.8 Å². The van der Waals surface area contributed by atoms with Gasteiger partial charge in [0.2, 0.25) is 0 Å². The Morgan fingerprint density at radius 3 is 2.31 bits per heavy atom. The van der Waals surface area contributed by atoms with Crippen molar-refractivity contribution in [1.29, 1.82) is 0 Å². The number of aliphatic imine (C=N–C) groups is 1. The molecule has 0 saturated carbocycles. The molecule has 7 aliphatic rings. The third-order valence-electron chi connectivity index (χ3n) is 16.0. The van der Waals surface area contributed by atoms with Crippen LogP contribution in [0.5, 0.6) is 0 Å². The molecule has 7 aromatic rings. The third-order valence-corrected chi connectivity index (χ3v) is 16.0. The molecular weight excluding hydrogens is 827 g/mol. The maximum atomic E-state index is 5.64. The van der Waals surface area contributed by atoms with Gasteiger partial charge in [0.25, 0.3) is 0 Å². The summed E-state index contributed by atoms with van der Waals surface area (Å²) in [5.74, 6) is 2.32.